The number of rotatable bonds is 0. The lowest BCUT2D eigenvalue weighted by Crippen LogP contribution is -2.21. The van der Waals surface area contributed by atoms with Gasteiger partial charge >= 0.3 is 0 Å². The van der Waals surface area contributed by atoms with Crippen molar-refractivity contribution >= 4 is 5.82 Å². The number of hydrogen-bond acceptors (Lipinski definition) is 7. The molecule has 1 aliphatic rings. The maximum atomic E-state index is 13.8. The predicted molar refractivity (Wildman–Crippen MR) is 98.5 cm³/mol. The van der Waals surface area contributed by atoms with Crippen molar-refractivity contribution in [3.05, 3.63) is 53.2 Å². The van der Waals surface area contributed by atoms with E-state index in [0.717, 1.165) is 0 Å². The molecule has 0 spiro atoms. The SMILES string of the molecule is CC1Oc2cc(cnc2N)-c2c(nn(C)c2C#N)CNOc2ccc(F)cc21. The molecule has 0 aliphatic carbocycles. The fraction of sp³-hybridized carbons (Fsp3) is 0.211. The highest BCUT2D eigenvalue weighted by molar-refractivity contribution is 5.73. The number of aryl methyl sites for hydroxylation is 1. The molecular formula is C19H17FN6O2. The molecule has 8 nitrogen and oxygen atoms in total. The molecule has 0 saturated heterocycles. The predicted octanol–water partition coefficient (Wildman–Crippen LogP) is 2.61. The molecule has 3 N–H and O–H groups in total. The van der Waals surface area contributed by atoms with Gasteiger partial charge in [0.05, 0.1) is 12.2 Å². The van der Waals surface area contributed by atoms with Gasteiger partial charge in [-0.3, -0.25) is 4.68 Å². The van der Waals surface area contributed by atoms with Gasteiger partial charge in [0.2, 0.25) is 0 Å². The van der Waals surface area contributed by atoms with E-state index in [1.54, 1.807) is 26.2 Å². The van der Waals surface area contributed by atoms with Crippen LogP contribution in [-0.2, 0) is 13.6 Å². The van der Waals surface area contributed by atoms with Gasteiger partial charge in [0.1, 0.15) is 23.7 Å². The second-order valence-corrected chi connectivity index (χ2v) is 6.38. The standard InChI is InChI=1S/C19H17FN6O2/c1-10-13-6-12(20)3-4-16(13)28-24-9-14-18(15(7-21)26(2)25-14)11-5-17(27-10)19(22)23-8-11/h3-6,8,10,24H,9H2,1-2H3,(H2,22,23). The van der Waals surface area contributed by atoms with Crippen molar-refractivity contribution in [2.45, 2.75) is 19.6 Å². The number of nitrogens with two attached hydrogens (primary N) is 1. The summed E-state index contributed by atoms with van der Waals surface area (Å²) in [5.74, 6) is 0.520. The number of hydroxylamine groups is 1. The number of anilines is 1. The molecule has 28 heavy (non-hydrogen) atoms. The molecule has 1 aromatic carbocycles. The number of nitrogen functional groups attached to an aromatic ring is 1. The minimum atomic E-state index is -0.560. The van der Waals surface area contributed by atoms with Gasteiger partial charge in [-0.05, 0) is 31.2 Å². The smallest absolute Gasteiger partial charge is 0.166 e. The largest absolute Gasteiger partial charge is 0.482 e. The third-order valence-electron chi connectivity index (χ3n) is 4.53. The van der Waals surface area contributed by atoms with Crippen LogP contribution in [0, 0.1) is 17.1 Å². The zero-order valence-corrected chi connectivity index (χ0v) is 15.2. The van der Waals surface area contributed by atoms with Crippen LogP contribution >= 0.6 is 0 Å². The first-order valence-electron chi connectivity index (χ1n) is 8.55. The molecule has 3 aromatic rings. The summed E-state index contributed by atoms with van der Waals surface area (Å²) in [4.78, 5) is 9.85. The Morgan fingerprint density at radius 3 is 2.96 bits per heavy atom. The van der Waals surface area contributed by atoms with E-state index < -0.39 is 11.9 Å². The van der Waals surface area contributed by atoms with Gasteiger partial charge in [0.25, 0.3) is 0 Å². The number of benzene rings is 1. The summed E-state index contributed by atoms with van der Waals surface area (Å²) in [6.45, 7) is 1.98. The Labute approximate surface area is 160 Å². The first kappa shape index (κ1) is 17.8. The molecule has 2 bridgehead atoms. The molecule has 1 atom stereocenters. The number of nitrogens with zero attached hydrogens (tertiary/aromatic N) is 4. The summed E-state index contributed by atoms with van der Waals surface area (Å²) in [6.07, 6.45) is 1.00. The van der Waals surface area contributed by atoms with E-state index in [-0.39, 0.29) is 12.4 Å². The van der Waals surface area contributed by atoms with Crippen LogP contribution in [0.3, 0.4) is 0 Å². The van der Waals surface area contributed by atoms with Crippen LogP contribution in [0.5, 0.6) is 11.5 Å². The third kappa shape index (κ3) is 3.00. The monoisotopic (exact) mass is 380 g/mol. The Balaban J connectivity index is 1.90. The molecular weight excluding hydrogens is 363 g/mol. The summed E-state index contributed by atoms with van der Waals surface area (Å²) >= 11 is 0. The van der Waals surface area contributed by atoms with E-state index in [9.17, 15) is 9.65 Å². The molecule has 1 aliphatic heterocycles. The minimum absolute atomic E-state index is 0.189. The van der Waals surface area contributed by atoms with E-state index in [2.05, 4.69) is 21.6 Å². The first-order valence-corrected chi connectivity index (χ1v) is 8.55. The molecule has 0 radical (unpaired) electrons. The van der Waals surface area contributed by atoms with Crippen molar-refractivity contribution in [2.75, 3.05) is 5.73 Å². The van der Waals surface area contributed by atoms with Gasteiger partial charge < -0.3 is 15.3 Å². The lowest BCUT2D eigenvalue weighted by Gasteiger charge is -2.20. The van der Waals surface area contributed by atoms with Crippen LogP contribution in [-0.4, -0.2) is 14.8 Å². The highest BCUT2D eigenvalue weighted by atomic mass is 19.1. The number of hydrogen-bond donors (Lipinski definition) is 2. The maximum absolute atomic E-state index is 13.8. The number of halogens is 1. The number of fused-ring (bicyclic) bond motifs is 5. The van der Waals surface area contributed by atoms with Crippen molar-refractivity contribution in [1.29, 1.82) is 5.26 Å². The summed E-state index contributed by atoms with van der Waals surface area (Å²) in [7, 11) is 1.69. The van der Waals surface area contributed by atoms with Crippen molar-refractivity contribution in [2.24, 2.45) is 7.05 Å². The summed E-state index contributed by atoms with van der Waals surface area (Å²) in [5, 5.41) is 14.0. The van der Waals surface area contributed by atoms with E-state index in [0.29, 0.717) is 39.6 Å². The van der Waals surface area contributed by atoms with E-state index >= 15 is 0 Å². The van der Waals surface area contributed by atoms with E-state index in [4.69, 9.17) is 15.3 Å². The van der Waals surface area contributed by atoms with E-state index in [1.807, 2.05) is 0 Å². The van der Waals surface area contributed by atoms with Crippen LogP contribution in [0.1, 0.15) is 30.0 Å². The zero-order valence-electron chi connectivity index (χ0n) is 15.2. The molecule has 2 aromatic heterocycles. The lowest BCUT2D eigenvalue weighted by atomic mass is 10.0. The molecule has 0 saturated carbocycles. The number of nitriles is 1. The van der Waals surface area contributed by atoms with Crippen molar-refractivity contribution < 1.29 is 14.0 Å². The highest BCUT2D eigenvalue weighted by Gasteiger charge is 2.22. The van der Waals surface area contributed by atoms with Crippen LogP contribution in [0.15, 0.2) is 30.5 Å². The van der Waals surface area contributed by atoms with Gasteiger partial charge in [-0.15, -0.1) is 0 Å². The van der Waals surface area contributed by atoms with E-state index in [1.165, 1.54) is 22.9 Å². The number of aromatic nitrogens is 3. The average molecular weight is 380 g/mol. The Kier molecular flexibility index (Phi) is 4.33. The van der Waals surface area contributed by atoms with Crippen LogP contribution in [0.4, 0.5) is 10.2 Å². The molecule has 0 fully saturated rings. The Morgan fingerprint density at radius 1 is 1.36 bits per heavy atom. The molecule has 4 rings (SSSR count). The average Bonchev–Trinajstić information content (AvgIpc) is 2.99. The minimum Gasteiger partial charge on any atom is -0.482 e. The lowest BCUT2D eigenvalue weighted by molar-refractivity contribution is 0.171. The van der Waals surface area contributed by atoms with Crippen LogP contribution in [0.25, 0.3) is 11.1 Å². The number of ether oxygens (including phenoxy) is 1. The van der Waals surface area contributed by atoms with Crippen molar-refractivity contribution in [3.8, 4) is 28.7 Å². The number of pyridine rings is 1. The number of nitrogens with one attached hydrogen (secondary N) is 1. The second-order valence-electron chi connectivity index (χ2n) is 6.38. The van der Waals surface area contributed by atoms with Gasteiger partial charge in [-0.2, -0.15) is 15.8 Å². The maximum Gasteiger partial charge on any atom is 0.166 e. The van der Waals surface area contributed by atoms with Gasteiger partial charge in [-0.1, -0.05) is 0 Å². The summed E-state index contributed by atoms with van der Waals surface area (Å²) in [6, 6.07) is 8.03. The molecule has 1 unspecified atom stereocenters. The van der Waals surface area contributed by atoms with Gasteiger partial charge in [0.15, 0.2) is 17.3 Å². The highest BCUT2D eigenvalue weighted by Crippen LogP contribution is 2.36. The first-order chi connectivity index (χ1) is 13.5. The molecule has 0 amide bonds. The molecule has 142 valence electrons. The second kappa shape index (κ2) is 6.83. The van der Waals surface area contributed by atoms with Gasteiger partial charge in [-0.25, -0.2) is 9.37 Å². The molecule has 3 heterocycles. The Morgan fingerprint density at radius 2 is 2.18 bits per heavy atom. The van der Waals surface area contributed by atoms with Crippen molar-refractivity contribution in [1.82, 2.24) is 20.2 Å². The third-order valence-corrected chi connectivity index (χ3v) is 4.53. The summed E-state index contributed by atoms with van der Waals surface area (Å²) < 4.78 is 21.3. The fourth-order valence-corrected chi connectivity index (χ4v) is 3.19. The van der Waals surface area contributed by atoms with Crippen LogP contribution in [0.2, 0.25) is 0 Å². The Bertz CT molecular complexity index is 1100. The Hall–Kier alpha value is -3.64. The molecule has 9 heteroatoms. The van der Waals surface area contributed by atoms with Crippen LogP contribution < -0.4 is 20.8 Å². The quantitative estimate of drug-likeness (QED) is 0.617. The summed E-state index contributed by atoms with van der Waals surface area (Å²) in [5.41, 5.74) is 11.5. The zero-order chi connectivity index (χ0) is 19.8. The van der Waals surface area contributed by atoms with Crippen molar-refractivity contribution in [3.63, 3.8) is 0 Å². The normalized spacial score (nSPS) is 15.7. The topological polar surface area (TPSA) is 111 Å². The fourth-order valence-electron chi connectivity index (χ4n) is 3.19. The van der Waals surface area contributed by atoms with Gasteiger partial charge in [0, 0.05) is 29.9 Å².